The van der Waals surface area contributed by atoms with Crippen molar-refractivity contribution < 1.29 is 4.74 Å². The van der Waals surface area contributed by atoms with Crippen LogP contribution in [0.2, 0.25) is 0 Å². The molecule has 0 spiro atoms. The molecule has 0 unspecified atom stereocenters. The zero-order valence-corrected chi connectivity index (χ0v) is 11.9. The summed E-state index contributed by atoms with van der Waals surface area (Å²) in [6.07, 6.45) is 1.77. The Morgan fingerprint density at radius 2 is 1.86 bits per heavy atom. The fraction of sp³-hybridized carbons (Fsp3) is 0.0625. The molecule has 0 saturated heterocycles. The lowest BCUT2D eigenvalue weighted by atomic mass is 10.2. The van der Waals surface area contributed by atoms with E-state index in [1.54, 1.807) is 23.0 Å². The van der Waals surface area contributed by atoms with Crippen molar-refractivity contribution in [3.8, 4) is 5.88 Å². The van der Waals surface area contributed by atoms with Crippen molar-refractivity contribution in [3.63, 3.8) is 0 Å². The third-order valence-electron chi connectivity index (χ3n) is 3.21. The second-order valence-corrected chi connectivity index (χ2v) is 5.45. The third kappa shape index (κ3) is 2.21. The summed E-state index contributed by atoms with van der Waals surface area (Å²) < 4.78 is 6.89. The lowest BCUT2D eigenvalue weighted by Crippen LogP contribution is -1.98. The zero-order chi connectivity index (χ0) is 14.1. The Morgan fingerprint density at radius 3 is 2.76 bits per heavy atom. The summed E-state index contributed by atoms with van der Waals surface area (Å²) in [5.41, 5.74) is 5.39. The summed E-state index contributed by atoms with van der Waals surface area (Å²) in [4.78, 5) is 13.3. The molecule has 4 nitrogen and oxygen atoms in total. The van der Waals surface area contributed by atoms with Crippen LogP contribution < -0.4 is 4.74 Å². The summed E-state index contributed by atoms with van der Waals surface area (Å²) in [6.45, 7) is 0.478. The van der Waals surface area contributed by atoms with Gasteiger partial charge in [0.05, 0.1) is 15.7 Å². The van der Waals surface area contributed by atoms with Crippen molar-refractivity contribution in [1.29, 1.82) is 0 Å². The van der Waals surface area contributed by atoms with E-state index in [1.807, 2.05) is 42.5 Å². The van der Waals surface area contributed by atoms with Gasteiger partial charge in [0.25, 0.3) is 0 Å². The number of thiazole rings is 1. The van der Waals surface area contributed by atoms with E-state index in [1.165, 1.54) is 0 Å². The molecule has 0 fully saturated rings. The average molecular weight is 293 g/mol. The molecule has 0 saturated carbocycles. The molecule has 1 aromatic carbocycles. The third-order valence-corrected chi connectivity index (χ3v) is 4.05. The van der Waals surface area contributed by atoms with Gasteiger partial charge in [-0.05, 0) is 17.7 Å². The summed E-state index contributed by atoms with van der Waals surface area (Å²) in [6, 6.07) is 13.9. The highest BCUT2D eigenvalue weighted by Crippen LogP contribution is 2.31. The first-order chi connectivity index (χ1) is 10.4. The first-order valence-corrected chi connectivity index (χ1v) is 7.44. The van der Waals surface area contributed by atoms with Crippen molar-refractivity contribution in [1.82, 2.24) is 15.0 Å². The molecule has 0 bridgehead atoms. The number of nitrogens with zero attached hydrogens (tertiary/aromatic N) is 3. The van der Waals surface area contributed by atoms with Gasteiger partial charge in [-0.2, -0.15) is 0 Å². The molecule has 0 aliphatic heterocycles. The highest BCUT2D eigenvalue weighted by molar-refractivity contribution is 7.17. The van der Waals surface area contributed by atoms with Gasteiger partial charge in [-0.25, -0.2) is 9.97 Å². The topological polar surface area (TPSA) is 47.9 Å². The highest BCUT2D eigenvalue weighted by atomic mass is 32.1. The van der Waals surface area contributed by atoms with Crippen LogP contribution in [0, 0.1) is 0 Å². The first-order valence-electron chi connectivity index (χ1n) is 6.56. The normalized spacial score (nSPS) is 11.0. The molecule has 21 heavy (non-hydrogen) atoms. The van der Waals surface area contributed by atoms with Gasteiger partial charge in [0.1, 0.15) is 17.6 Å². The molecule has 102 valence electrons. The number of ether oxygens (including phenoxy) is 1. The number of fused-ring (bicyclic) bond motifs is 3. The minimum Gasteiger partial charge on any atom is -0.471 e. The molecular formula is C16H11N3OS. The summed E-state index contributed by atoms with van der Waals surface area (Å²) >= 11 is 1.56. The summed E-state index contributed by atoms with van der Waals surface area (Å²) in [5, 5.41) is 0. The monoisotopic (exact) mass is 293 g/mol. The summed E-state index contributed by atoms with van der Waals surface area (Å²) in [5.74, 6) is 0.565. The molecule has 0 atom stereocenters. The van der Waals surface area contributed by atoms with E-state index >= 15 is 0 Å². The molecule has 0 N–H and O–H groups in total. The van der Waals surface area contributed by atoms with Crippen LogP contribution in [0.4, 0.5) is 0 Å². The lowest BCUT2D eigenvalue weighted by Gasteiger charge is -2.07. The van der Waals surface area contributed by atoms with Crippen LogP contribution in [-0.2, 0) is 6.61 Å². The number of aromatic nitrogens is 3. The fourth-order valence-corrected chi connectivity index (χ4v) is 3.00. The Morgan fingerprint density at radius 1 is 0.952 bits per heavy atom. The largest absolute Gasteiger partial charge is 0.471 e. The number of pyridine rings is 2. The Hall–Kier alpha value is -2.53. The van der Waals surface area contributed by atoms with Crippen molar-refractivity contribution in [3.05, 3.63) is 59.7 Å². The molecule has 4 aromatic rings. The predicted molar refractivity (Wildman–Crippen MR) is 83.5 cm³/mol. The van der Waals surface area contributed by atoms with E-state index in [9.17, 15) is 0 Å². The number of hydrogen-bond acceptors (Lipinski definition) is 5. The molecular weight excluding hydrogens is 282 g/mol. The Balaban J connectivity index is 1.78. The maximum atomic E-state index is 5.88. The number of benzene rings is 1. The van der Waals surface area contributed by atoms with E-state index < -0.39 is 0 Å². The fourth-order valence-electron chi connectivity index (χ4n) is 2.22. The molecule has 5 heteroatoms. The summed E-state index contributed by atoms with van der Waals surface area (Å²) in [7, 11) is 0. The lowest BCUT2D eigenvalue weighted by molar-refractivity contribution is 0.298. The van der Waals surface area contributed by atoms with Crippen LogP contribution in [-0.4, -0.2) is 15.0 Å². The van der Waals surface area contributed by atoms with E-state index in [2.05, 4.69) is 15.0 Å². The zero-order valence-electron chi connectivity index (χ0n) is 11.1. The molecule has 4 rings (SSSR count). The van der Waals surface area contributed by atoms with Gasteiger partial charge in [-0.1, -0.05) is 30.3 Å². The van der Waals surface area contributed by atoms with Crippen molar-refractivity contribution in [2.24, 2.45) is 0 Å². The van der Waals surface area contributed by atoms with Gasteiger partial charge >= 0.3 is 0 Å². The van der Waals surface area contributed by atoms with Crippen LogP contribution >= 0.6 is 11.3 Å². The van der Waals surface area contributed by atoms with Crippen LogP contribution in [0.3, 0.4) is 0 Å². The van der Waals surface area contributed by atoms with E-state index in [0.717, 1.165) is 26.8 Å². The van der Waals surface area contributed by atoms with Crippen LogP contribution in [0.15, 0.2) is 54.2 Å². The van der Waals surface area contributed by atoms with Gasteiger partial charge in [-0.3, -0.25) is 4.98 Å². The Labute approximate surface area is 125 Å². The maximum Gasteiger partial charge on any atom is 0.242 e. The standard InChI is InChI=1S/C16H11N3OS/c1-2-5-11(6-3-1)9-20-16-14-15(21-10-18-14)13-12(19-16)7-4-8-17-13/h1-8,10H,9H2. The van der Waals surface area contributed by atoms with Gasteiger partial charge in [0.15, 0.2) is 0 Å². The van der Waals surface area contributed by atoms with Gasteiger partial charge in [0.2, 0.25) is 5.88 Å². The van der Waals surface area contributed by atoms with Gasteiger partial charge in [0, 0.05) is 6.20 Å². The molecule has 3 aromatic heterocycles. The van der Waals surface area contributed by atoms with Gasteiger partial charge in [-0.15, -0.1) is 11.3 Å². The smallest absolute Gasteiger partial charge is 0.242 e. The van der Waals surface area contributed by atoms with Crippen LogP contribution in [0.5, 0.6) is 5.88 Å². The van der Waals surface area contributed by atoms with Crippen molar-refractivity contribution in [2.75, 3.05) is 0 Å². The van der Waals surface area contributed by atoms with Gasteiger partial charge < -0.3 is 4.74 Å². The average Bonchev–Trinajstić information content (AvgIpc) is 3.04. The molecule has 0 amide bonds. The molecule has 0 aliphatic rings. The predicted octanol–water partition coefficient (Wildman–Crippen LogP) is 3.82. The second-order valence-electron chi connectivity index (χ2n) is 4.59. The van der Waals surface area contributed by atoms with E-state index in [-0.39, 0.29) is 0 Å². The van der Waals surface area contributed by atoms with Crippen molar-refractivity contribution >= 4 is 32.6 Å². The molecule has 0 aliphatic carbocycles. The van der Waals surface area contributed by atoms with E-state index in [0.29, 0.717) is 12.5 Å². The Kier molecular flexibility index (Phi) is 2.97. The minimum absolute atomic E-state index is 0.478. The second kappa shape index (κ2) is 5.10. The van der Waals surface area contributed by atoms with Crippen LogP contribution in [0.25, 0.3) is 21.3 Å². The number of rotatable bonds is 3. The number of hydrogen-bond donors (Lipinski definition) is 0. The minimum atomic E-state index is 0.478. The van der Waals surface area contributed by atoms with E-state index in [4.69, 9.17) is 4.74 Å². The molecule has 0 radical (unpaired) electrons. The first kappa shape index (κ1) is 12.2. The highest BCUT2D eigenvalue weighted by Gasteiger charge is 2.12. The Bertz CT molecular complexity index is 905. The quantitative estimate of drug-likeness (QED) is 0.576. The van der Waals surface area contributed by atoms with Crippen molar-refractivity contribution in [2.45, 2.75) is 6.61 Å². The van der Waals surface area contributed by atoms with Crippen LogP contribution in [0.1, 0.15) is 5.56 Å². The maximum absolute atomic E-state index is 5.88. The SMILES string of the molecule is c1ccc(COc2nc3cccnc3c3scnc23)cc1. The molecule has 3 heterocycles.